The van der Waals surface area contributed by atoms with Crippen LogP contribution in [0.5, 0.6) is 0 Å². The first-order chi connectivity index (χ1) is 8.95. The van der Waals surface area contributed by atoms with Crippen LogP contribution in [0.15, 0.2) is 42.5 Å². The molecule has 0 heterocycles. The summed E-state index contributed by atoms with van der Waals surface area (Å²) in [7, 11) is 0. The van der Waals surface area contributed by atoms with E-state index in [4.69, 9.17) is 5.73 Å². The number of aryl methyl sites for hydroxylation is 1. The van der Waals surface area contributed by atoms with Crippen LogP contribution in [0.3, 0.4) is 0 Å². The van der Waals surface area contributed by atoms with Crippen LogP contribution in [0.25, 0.3) is 0 Å². The Balaban J connectivity index is 2.41. The lowest BCUT2D eigenvalue weighted by Crippen LogP contribution is -2.34. The van der Waals surface area contributed by atoms with Crippen molar-refractivity contribution in [3.63, 3.8) is 0 Å². The van der Waals surface area contributed by atoms with Crippen molar-refractivity contribution in [2.45, 2.75) is 25.8 Å². The van der Waals surface area contributed by atoms with Crippen LogP contribution in [-0.2, 0) is 12.0 Å². The predicted octanol–water partition coefficient (Wildman–Crippen LogP) is 3.75. The molecule has 1 unspecified atom stereocenters. The Morgan fingerprint density at radius 3 is 2.05 bits per heavy atom. The van der Waals surface area contributed by atoms with Gasteiger partial charge in [0.05, 0.1) is 5.54 Å². The van der Waals surface area contributed by atoms with Gasteiger partial charge in [0.1, 0.15) is 0 Å². The van der Waals surface area contributed by atoms with E-state index >= 15 is 0 Å². The summed E-state index contributed by atoms with van der Waals surface area (Å²) in [6, 6.07) is 11.6. The summed E-state index contributed by atoms with van der Waals surface area (Å²) in [6.45, 7) is 3.87. The van der Waals surface area contributed by atoms with Crippen LogP contribution in [0.1, 0.15) is 30.5 Å². The first-order valence-corrected chi connectivity index (χ1v) is 6.29. The molecule has 0 saturated carbocycles. The summed E-state index contributed by atoms with van der Waals surface area (Å²) < 4.78 is 26.3. The highest BCUT2D eigenvalue weighted by atomic mass is 19.2. The topological polar surface area (TPSA) is 26.0 Å². The Labute approximate surface area is 112 Å². The number of rotatable bonds is 3. The van der Waals surface area contributed by atoms with Crippen LogP contribution in [0.2, 0.25) is 0 Å². The van der Waals surface area contributed by atoms with Crippen LogP contribution in [-0.4, -0.2) is 0 Å². The highest BCUT2D eigenvalue weighted by molar-refractivity contribution is 5.38. The molecule has 0 amide bonds. The number of hydrogen-bond acceptors (Lipinski definition) is 1. The van der Waals surface area contributed by atoms with Crippen LogP contribution >= 0.6 is 0 Å². The average Bonchev–Trinajstić information content (AvgIpc) is 2.41. The van der Waals surface area contributed by atoms with Gasteiger partial charge in [-0.05, 0) is 42.2 Å². The van der Waals surface area contributed by atoms with E-state index in [2.05, 4.69) is 6.92 Å². The molecule has 0 saturated heterocycles. The van der Waals surface area contributed by atoms with Crippen molar-refractivity contribution in [1.82, 2.24) is 0 Å². The molecule has 19 heavy (non-hydrogen) atoms. The first-order valence-electron chi connectivity index (χ1n) is 6.29. The Morgan fingerprint density at radius 2 is 1.53 bits per heavy atom. The summed E-state index contributed by atoms with van der Waals surface area (Å²) in [4.78, 5) is 0. The molecule has 100 valence electrons. The second-order valence-corrected chi connectivity index (χ2v) is 4.88. The summed E-state index contributed by atoms with van der Waals surface area (Å²) in [5.41, 5.74) is 8.07. The molecule has 1 atom stereocenters. The quantitative estimate of drug-likeness (QED) is 0.894. The number of hydrogen-bond donors (Lipinski definition) is 1. The molecule has 2 aromatic carbocycles. The molecule has 0 fully saturated rings. The number of benzene rings is 2. The summed E-state index contributed by atoms with van der Waals surface area (Å²) in [6.07, 6.45) is 0.951. The number of nitrogens with two attached hydrogens (primary N) is 1. The SMILES string of the molecule is CCc1ccc(C(C)(N)c2ccc(F)c(F)c2)cc1. The van der Waals surface area contributed by atoms with Gasteiger partial charge in [0.15, 0.2) is 11.6 Å². The third-order valence-corrected chi connectivity index (χ3v) is 3.48. The maximum atomic E-state index is 13.3. The highest BCUT2D eigenvalue weighted by Crippen LogP contribution is 2.27. The van der Waals surface area contributed by atoms with Gasteiger partial charge in [0.2, 0.25) is 0 Å². The molecule has 0 aliphatic carbocycles. The maximum absolute atomic E-state index is 13.3. The van der Waals surface area contributed by atoms with Crippen LogP contribution < -0.4 is 5.73 Å². The number of halogens is 2. The minimum absolute atomic E-state index is 0.552. The van der Waals surface area contributed by atoms with E-state index in [1.54, 1.807) is 6.92 Å². The van der Waals surface area contributed by atoms with Crippen molar-refractivity contribution in [1.29, 1.82) is 0 Å². The van der Waals surface area contributed by atoms with E-state index < -0.39 is 17.2 Å². The fraction of sp³-hybridized carbons (Fsp3) is 0.250. The standard InChI is InChI=1S/C16H17F2N/c1-3-11-4-6-12(7-5-11)16(2,19)13-8-9-14(17)15(18)10-13/h4-10H,3,19H2,1-2H3. The van der Waals surface area contributed by atoms with Crippen LogP contribution in [0.4, 0.5) is 8.78 Å². The van der Waals surface area contributed by atoms with Gasteiger partial charge in [-0.25, -0.2) is 8.78 Å². The Kier molecular flexibility index (Phi) is 3.67. The van der Waals surface area contributed by atoms with Gasteiger partial charge < -0.3 is 5.73 Å². The zero-order valence-corrected chi connectivity index (χ0v) is 11.1. The monoisotopic (exact) mass is 261 g/mol. The summed E-state index contributed by atoms with van der Waals surface area (Å²) in [5.74, 6) is -1.74. The second-order valence-electron chi connectivity index (χ2n) is 4.88. The third kappa shape index (κ3) is 2.66. The molecule has 1 nitrogen and oxygen atoms in total. The van der Waals surface area contributed by atoms with Crippen molar-refractivity contribution < 1.29 is 8.78 Å². The molecule has 0 aliphatic heterocycles. The minimum Gasteiger partial charge on any atom is -0.318 e. The largest absolute Gasteiger partial charge is 0.318 e. The molecule has 0 radical (unpaired) electrons. The molecule has 2 aromatic rings. The van der Waals surface area contributed by atoms with Gasteiger partial charge >= 0.3 is 0 Å². The van der Waals surface area contributed by atoms with E-state index in [0.29, 0.717) is 5.56 Å². The van der Waals surface area contributed by atoms with E-state index in [-0.39, 0.29) is 0 Å². The molecule has 2 N–H and O–H groups in total. The van der Waals surface area contributed by atoms with Gasteiger partial charge in [-0.1, -0.05) is 37.3 Å². The van der Waals surface area contributed by atoms with Gasteiger partial charge in [0, 0.05) is 0 Å². The van der Waals surface area contributed by atoms with Crippen molar-refractivity contribution in [3.05, 3.63) is 70.8 Å². The van der Waals surface area contributed by atoms with E-state index in [1.165, 1.54) is 11.6 Å². The Bertz CT molecular complexity index is 574. The fourth-order valence-corrected chi connectivity index (χ4v) is 2.07. The lowest BCUT2D eigenvalue weighted by Gasteiger charge is -2.26. The maximum Gasteiger partial charge on any atom is 0.159 e. The fourth-order valence-electron chi connectivity index (χ4n) is 2.07. The lowest BCUT2D eigenvalue weighted by molar-refractivity contribution is 0.500. The van der Waals surface area contributed by atoms with Crippen molar-refractivity contribution >= 4 is 0 Å². The summed E-state index contributed by atoms with van der Waals surface area (Å²) >= 11 is 0. The van der Waals surface area contributed by atoms with Gasteiger partial charge in [-0.2, -0.15) is 0 Å². The van der Waals surface area contributed by atoms with Crippen molar-refractivity contribution in [2.75, 3.05) is 0 Å². The molecule has 2 rings (SSSR count). The zero-order chi connectivity index (χ0) is 14.0. The first kappa shape index (κ1) is 13.7. The molecule has 0 aromatic heterocycles. The molecule has 0 aliphatic rings. The zero-order valence-electron chi connectivity index (χ0n) is 11.1. The Morgan fingerprint density at radius 1 is 0.947 bits per heavy atom. The molecule has 0 bridgehead atoms. The van der Waals surface area contributed by atoms with E-state index in [1.807, 2.05) is 24.3 Å². The van der Waals surface area contributed by atoms with Gasteiger partial charge in [0.25, 0.3) is 0 Å². The Hall–Kier alpha value is -1.74. The molecule has 3 heteroatoms. The smallest absolute Gasteiger partial charge is 0.159 e. The minimum atomic E-state index is -0.876. The van der Waals surface area contributed by atoms with Crippen molar-refractivity contribution in [3.8, 4) is 0 Å². The molecular formula is C16H17F2N. The van der Waals surface area contributed by atoms with Crippen LogP contribution in [0, 0.1) is 11.6 Å². The van der Waals surface area contributed by atoms with E-state index in [0.717, 1.165) is 24.1 Å². The highest BCUT2D eigenvalue weighted by Gasteiger charge is 2.24. The predicted molar refractivity (Wildman–Crippen MR) is 72.8 cm³/mol. The normalized spacial score (nSPS) is 14.2. The summed E-state index contributed by atoms with van der Waals surface area (Å²) in [5, 5.41) is 0. The van der Waals surface area contributed by atoms with E-state index in [9.17, 15) is 8.78 Å². The van der Waals surface area contributed by atoms with Gasteiger partial charge in [-0.3, -0.25) is 0 Å². The van der Waals surface area contributed by atoms with Gasteiger partial charge in [-0.15, -0.1) is 0 Å². The second kappa shape index (κ2) is 5.10. The lowest BCUT2D eigenvalue weighted by atomic mass is 9.85. The molecule has 0 spiro atoms. The van der Waals surface area contributed by atoms with Crippen molar-refractivity contribution in [2.24, 2.45) is 5.73 Å². The average molecular weight is 261 g/mol. The molecular weight excluding hydrogens is 244 g/mol. The third-order valence-electron chi connectivity index (χ3n) is 3.48.